The van der Waals surface area contributed by atoms with Crippen LogP contribution in [0.5, 0.6) is 0 Å². The van der Waals surface area contributed by atoms with Crippen LogP contribution in [-0.4, -0.2) is 29.3 Å². The van der Waals surface area contributed by atoms with Crippen LogP contribution >= 0.6 is 0 Å². The lowest BCUT2D eigenvalue weighted by atomic mass is 10.1. The van der Waals surface area contributed by atoms with Crippen molar-refractivity contribution in [2.75, 3.05) is 13.6 Å². The van der Waals surface area contributed by atoms with Gasteiger partial charge in [-0.3, -0.25) is 10.4 Å². The number of nitrogens with one attached hydrogen (secondary N) is 1. The molecule has 0 bridgehead atoms. The Kier molecular flexibility index (Phi) is 4.13. The average molecular weight is 231 g/mol. The van der Waals surface area contributed by atoms with Crippen molar-refractivity contribution in [3.63, 3.8) is 0 Å². The number of nitrogens with zero attached hydrogens (tertiary/aromatic N) is 2. The average Bonchev–Trinajstić information content (AvgIpc) is 2.90. The minimum Gasteiger partial charge on any atom is -0.363 e. The predicted octanol–water partition coefficient (Wildman–Crippen LogP) is 2.72. The van der Waals surface area contributed by atoms with Gasteiger partial charge in [-0.05, 0) is 37.0 Å². The molecule has 0 saturated heterocycles. The van der Waals surface area contributed by atoms with E-state index in [9.17, 15) is 0 Å². The van der Waals surface area contributed by atoms with Crippen molar-refractivity contribution in [1.82, 2.24) is 9.88 Å². The molecule has 0 unspecified atom stereocenters. The molecular weight excluding hydrogens is 210 g/mol. The molecule has 3 nitrogen and oxygen atoms in total. The summed E-state index contributed by atoms with van der Waals surface area (Å²) in [4.78, 5) is 6.12. The topological polar surface area (TPSA) is 40.0 Å². The third-order valence-electron chi connectivity index (χ3n) is 3.64. The van der Waals surface area contributed by atoms with Gasteiger partial charge in [0.25, 0.3) is 0 Å². The van der Waals surface area contributed by atoms with Crippen LogP contribution in [0.25, 0.3) is 0 Å². The fourth-order valence-corrected chi connectivity index (χ4v) is 2.48. The fraction of sp³-hybridized carbons (Fsp3) is 0.571. The number of aromatic nitrogens is 1. The van der Waals surface area contributed by atoms with Crippen LogP contribution in [0.2, 0.25) is 0 Å². The molecule has 0 aliphatic heterocycles. The molecule has 0 amide bonds. The Balaban J connectivity index is 1.80. The van der Waals surface area contributed by atoms with Gasteiger partial charge < -0.3 is 4.90 Å². The largest absolute Gasteiger partial charge is 0.363 e. The number of likely N-dealkylation sites (N-methyl/N-ethyl adjacent to an activating group) is 1. The molecule has 17 heavy (non-hydrogen) atoms. The van der Waals surface area contributed by atoms with Gasteiger partial charge in [-0.2, -0.15) is 0 Å². The van der Waals surface area contributed by atoms with E-state index in [2.05, 4.69) is 9.88 Å². The van der Waals surface area contributed by atoms with E-state index in [-0.39, 0.29) is 0 Å². The molecule has 1 aliphatic rings. The summed E-state index contributed by atoms with van der Waals surface area (Å²) in [7, 11) is 2.04. The van der Waals surface area contributed by atoms with Crippen LogP contribution in [-0.2, 0) is 6.42 Å². The Morgan fingerprint density at radius 2 is 2.00 bits per heavy atom. The monoisotopic (exact) mass is 231 g/mol. The van der Waals surface area contributed by atoms with Crippen LogP contribution in [0, 0.1) is 11.3 Å². The molecule has 3 heteroatoms. The lowest BCUT2D eigenvalue weighted by Gasteiger charge is -2.24. The Hall–Kier alpha value is -1.38. The molecule has 1 heterocycles. The summed E-state index contributed by atoms with van der Waals surface area (Å²) in [6.45, 7) is 0.930. The highest BCUT2D eigenvalue weighted by Gasteiger charge is 2.21. The first-order chi connectivity index (χ1) is 8.27. The van der Waals surface area contributed by atoms with E-state index in [1.807, 2.05) is 31.6 Å². The van der Waals surface area contributed by atoms with Gasteiger partial charge in [0.2, 0.25) is 0 Å². The molecule has 1 fully saturated rings. The molecule has 0 spiro atoms. The van der Waals surface area contributed by atoms with Gasteiger partial charge in [-0.15, -0.1) is 0 Å². The number of hydrogen-bond acceptors (Lipinski definition) is 2. The lowest BCUT2D eigenvalue weighted by molar-refractivity contribution is 0.464. The molecule has 0 radical (unpaired) electrons. The van der Waals surface area contributed by atoms with Crippen LogP contribution in [0.3, 0.4) is 0 Å². The Morgan fingerprint density at radius 3 is 2.65 bits per heavy atom. The molecule has 0 atom stereocenters. The SMILES string of the molecule is CN(CCc1ccncc1)C(=N)C1CCCC1. The van der Waals surface area contributed by atoms with Gasteiger partial charge >= 0.3 is 0 Å². The van der Waals surface area contributed by atoms with Crippen LogP contribution in [0.1, 0.15) is 31.2 Å². The zero-order chi connectivity index (χ0) is 12.1. The minimum absolute atomic E-state index is 0.512. The normalized spacial score (nSPS) is 16.1. The minimum atomic E-state index is 0.512. The van der Waals surface area contributed by atoms with E-state index in [1.165, 1.54) is 31.2 Å². The van der Waals surface area contributed by atoms with Crippen molar-refractivity contribution in [2.24, 2.45) is 5.92 Å². The number of hydrogen-bond donors (Lipinski definition) is 1. The van der Waals surface area contributed by atoms with E-state index in [0.717, 1.165) is 18.8 Å². The number of rotatable bonds is 4. The van der Waals surface area contributed by atoms with Gasteiger partial charge in [-0.1, -0.05) is 12.8 Å². The first kappa shape index (κ1) is 12.1. The van der Waals surface area contributed by atoms with Crippen molar-refractivity contribution < 1.29 is 0 Å². The Labute approximate surface area is 103 Å². The maximum Gasteiger partial charge on any atom is 0.0986 e. The van der Waals surface area contributed by atoms with Gasteiger partial charge in [-0.25, -0.2) is 0 Å². The van der Waals surface area contributed by atoms with Crippen LogP contribution < -0.4 is 0 Å². The van der Waals surface area contributed by atoms with Crippen LogP contribution in [0.15, 0.2) is 24.5 Å². The predicted molar refractivity (Wildman–Crippen MR) is 70.3 cm³/mol. The van der Waals surface area contributed by atoms with E-state index in [1.54, 1.807) is 0 Å². The molecular formula is C14H21N3. The second-order valence-electron chi connectivity index (χ2n) is 4.89. The van der Waals surface area contributed by atoms with Gasteiger partial charge in [0.1, 0.15) is 0 Å². The Morgan fingerprint density at radius 1 is 1.35 bits per heavy atom. The van der Waals surface area contributed by atoms with Crippen LogP contribution in [0.4, 0.5) is 0 Å². The zero-order valence-corrected chi connectivity index (χ0v) is 10.5. The van der Waals surface area contributed by atoms with E-state index in [0.29, 0.717) is 5.92 Å². The number of pyridine rings is 1. The first-order valence-electron chi connectivity index (χ1n) is 6.46. The van der Waals surface area contributed by atoms with Gasteiger partial charge in [0, 0.05) is 31.9 Å². The second-order valence-corrected chi connectivity index (χ2v) is 4.89. The molecule has 1 aliphatic carbocycles. The van der Waals surface area contributed by atoms with Crippen molar-refractivity contribution in [3.8, 4) is 0 Å². The standard InChI is InChI=1S/C14H21N3/c1-17(14(15)13-4-2-3-5-13)11-8-12-6-9-16-10-7-12/h6-7,9-10,13,15H,2-5,8,11H2,1H3. The first-order valence-corrected chi connectivity index (χ1v) is 6.46. The molecule has 92 valence electrons. The summed E-state index contributed by atoms with van der Waals surface area (Å²) in [5.74, 6) is 1.34. The van der Waals surface area contributed by atoms with Gasteiger partial charge in [0.05, 0.1) is 5.84 Å². The second kappa shape index (κ2) is 5.80. The Bertz CT molecular complexity index is 355. The van der Waals surface area contributed by atoms with Crippen molar-refractivity contribution >= 4 is 5.84 Å². The highest BCUT2D eigenvalue weighted by molar-refractivity contribution is 5.81. The molecule has 2 rings (SSSR count). The smallest absolute Gasteiger partial charge is 0.0986 e. The molecule has 1 aromatic heterocycles. The maximum atomic E-state index is 8.17. The summed E-state index contributed by atoms with van der Waals surface area (Å²) in [6.07, 6.45) is 9.66. The van der Waals surface area contributed by atoms with E-state index >= 15 is 0 Å². The fourth-order valence-electron chi connectivity index (χ4n) is 2.48. The van der Waals surface area contributed by atoms with E-state index < -0.39 is 0 Å². The van der Waals surface area contributed by atoms with Gasteiger partial charge in [0.15, 0.2) is 0 Å². The van der Waals surface area contributed by atoms with Crippen molar-refractivity contribution in [3.05, 3.63) is 30.1 Å². The third kappa shape index (κ3) is 3.29. The highest BCUT2D eigenvalue weighted by Crippen LogP contribution is 2.26. The summed E-state index contributed by atoms with van der Waals surface area (Å²) >= 11 is 0. The lowest BCUT2D eigenvalue weighted by Crippen LogP contribution is -2.32. The third-order valence-corrected chi connectivity index (χ3v) is 3.64. The summed E-state index contributed by atoms with van der Waals surface area (Å²) < 4.78 is 0. The zero-order valence-electron chi connectivity index (χ0n) is 10.5. The summed E-state index contributed by atoms with van der Waals surface area (Å²) in [5.41, 5.74) is 1.30. The number of amidine groups is 1. The van der Waals surface area contributed by atoms with E-state index in [4.69, 9.17) is 5.41 Å². The molecule has 1 aromatic rings. The summed E-state index contributed by atoms with van der Waals surface area (Å²) in [5, 5.41) is 8.17. The quantitative estimate of drug-likeness (QED) is 0.639. The van der Waals surface area contributed by atoms with Crippen molar-refractivity contribution in [1.29, 1.82) is 5.41 Å². The van der Waals surface area contributed by atoms with Crippen molar-refractivity contribution in [2.45, 2.75) is 32.1 Å². The molecule has 1 N–H and O–H groups in total. The highest BCUT2D eigenvalue weighted by atomic mass is 15.1. The molecule has 1 saturated carbocycles. The maximum absolute atomic E-state index is 8.17. The summed E-state index contributed by atoms with van der Waals surface area (Å²) in [6, 6.07) is 4.10. The molecule has 0 aromatic carbocycles.